The van der Waals surface area contributed by atoms with E-state index in [0.717, 1.165) is 63.5 Å². The number of nitrogens with zero attached hydrogens (tertiary/aromatic N) is 11. The molecule has 12 rings (SSSR count). The van der Waals surface area contributed by atoms with E-state index >= 15 is 0 Å². The van der Waals surface area contributed by atoms with Crippen molar-refractivity contribution in [2.45, 2.75) is 96.7 Å². The van der Waals surface area contributed by atoms with Crippen molar-refractivity contribution in [2.75, 3.05) is 35.8 Å². The highest BCUT2D eigenvalue weighted by Gasteiger charge is 2.25. The standard InChI is InChI=1S/C15H15N7O2.C11H14ClN3O2.C9H10ClN3O2.C7H6Cl2N2O2.C7H8N2O4.C5H3ClN2O3.C5H4N2O4/c16-13(23)10-8-17-15(19-14(10)18-9-4-3-5-9)24-22-12-7-2-1-6-11(12)20-21-22;1-2-17-10(16)8-6-13-11(12)15-9(8)14-7-4-3-5-7;10-9-11-4-6(8(14)15)7(13-9)12-5-2-1-3-5;1-2-13-6(12)4-3-10-7(9)11-5(4)8;1-2-13-6(11)4-3-8-7(12)9-5(4)10;6-3(9)2-1-7-5(11)8-4(2)10;8-3-2(4(9)10)1-6-5(11)7-3/h1-2,6-9H,3-5H2,(H2,16,23)(H,17,18,19);6-7H,2-5H2,1H3,(H,13,14,15);4-5H,1-3H2,(H,14,15)(H,11,12,13);3H,2H2,1H3;3H,2H2,1H3,(H2,8,9,10,12);1H,(H2,7,8,10,11);1H,(H,9,10)(H2,6,7,8,11). The lowest BCUT2D eigenvalue weighted by molar-refractivity contribution is 0.0514. The Morgan fingerprint density at radius 3 is 1.34 bits per heavy atom. The zero-order valence-corrected chi connectivity index (χ0v) is 58.1. The fraction of sp³-hybridized carbons (Fsp3) is 0.305. The minimum absolute atomic E-state index is 0.00144. The third-order valence-corrected chi connectivity index (χ3v) is 14.7. The van der Waals surface area contributed by atoms with Crippen LogP contribution in [0, 0.1) is 0 Å². The van der Waals surface area contributed by atoms with Crippen molar-refractivity contribution in [1.29, 1.82) is 0 Å². The average Bonchev–Trinajstić information content (AvgIpc) is 1.71. The number of fused-ring (bicyclic) bond motifs is 1. The summed E-state index contributed by atoms with van der Waals surface area (Å²) >= 11 is 27.4. The summed E-state index contributed by atoms with van der Waals surface area (Å²) in [5.41, 5.74) is 2.07. The third-order valence-electron chi connectivity index (χ3n) is 13.7. The summed E-state index contributed by atoms with van der Waals surface area (Å²) in [5, 5.41) is 33.9. The zero-order valence-electron chi connectivity index (χ0n) is 54.3. The number of aromatic nitrogens is 17. The van der Waals surface area contributed by atoms with E-state index in [0.29, 0.717) is 52.7 Å². The molecule has 0 aliphatic heterocycles. The molecule has 104 heavy (non-hydrogen) atoms. The zero-order chi connectivity index (χ0) is 76.2. The van der Waals surface area contributed by atoms with E-state index in [1.807, 2.05) is 39.2 Å². The number of para-hydroxylation sites is 1. The topological polar surface area (TPSA) is 590 Å². The Bertz CT molecular complexity index is 4850. The number of carboxylic acid groups (broad SMARTS) is 2. The quantitative estimate of drug-likeness (QED) is 0.0184. The molecule has 1 aromatic carbocycles. The lowest BCUT2D eigenvalue weighted by Crippen LogP contribution is -2.29. The molecule has 3 aliphatic rings. The number of rotatable bonds is 18. The van der Waals surface area contributed by atoms with Crippen LogP contribution in [-0.2, 0) is 14.2 Å². The van der Waals surface area contributed by atoms with E-state index in [1.54, 1.807) is 25.8 Å². The Morgan fingerprint density at radius 1 is 0.519 bits per heavy atom. The smallest absolute Gasteiger partial charge is 0.347 e. The number of esters is 3. The molecular formula is C59H60Cl5N21O19. The predicted molar refractivity (Wildman–Crippen MR) is 369 cm³/mol. The highest BCUT2D eigenvalue weighted by Crippen LogP contribution is 2.28. The summed E-state index contributed by atoms with van der Waals surface area (Å²) in [6.45, 7) is 5.85. The molecule has 0 bridgehead atoms. The highest BCUT2D eigenvalue weighted by molar-refractivity contribution is 6.67. The monoisotopic (exact) mass is 1540 g/mol. The van der Waals surface area contributed by atoms with Gasteiger partial charge in [0.15, 0.2) is 0 Å². The molecule has 3 fully saturated rings. The molecule has 8 heterocycles. The molecule has 3 aliphatic carbocycles. The van der Waals surface area contributed by atoms with Crippen molar-refractivity contribution in [1.82, 2.24) is 84.9 Å². The van der Waals surface area contributed by atoms with Crippen LogP contribution >= 0.6 is 58.0 Å². The minimum atomic E-state index is -1.37. The largest absolute Gasteiger partial charge is 0.477 e. The molecule has 40 nitrogen and oxygen atoms in total. The summed E-state index contributed by atoms with van der Waals surface area (Å²) in [7, 11) is 0. The molecule has 550 valence electrons. The summed E-state index contributed by atoms with van der Waals surface area (Å²) in [6, 6.07) is 8.38. The van der Waals surface area contributed by atoms with Crippen molar-refractivity contribution in [3.8, 4) is 6.01 Å². The van der Waals surface area contributed by atoms with Crippen LogP contribution < -0.4 is 60.3 Å². The van der Waals surface area contributed by atoms with Crippen LogP contribution in [0.15, 0.2) is 96.4 Å². The molecule has 0 saturated heterocycles. The number of anilines is 3. The van der Waals surface area contributed by atoms with Gasteiger partial charge in [-0.15, -0.1) is 5.10 Å². The molecule has 0 radical (unpaired) electrons. The second-order valence-electron chi connectivity index (χ2n) is 20.8. The van der Waals surface area contributed by atoms with E-state index in [2.05, 4.69) is 80.8 Å². The van der Waals surface area contributed by atoms with Crippen LogP contribution in [0.1, 0.15) is 151 Å². The van der Waals surface area contributed by atoms with Gasteiger partial charge in [0, 0.05) is 61.5 Å². The van der Waals surface area contributed by atoms with Gasteiger partial charge in [-0.25, -0.2) is 63.3 Å². The van der Waals surface area contributed by atoms with Gasteiger partial charge in [0.05, 0.1) is 19.8 Å². The van der Waals surface area contributed by atoms with Crippen LogP contribution in [0.3, 0.4) is 0 Å². The van der Waals surface area contributed by atoms with Gasteiger partial charge in [-0.2, -0.15) is 15.0 Å². The van der Waals surface area contributed by atoms with Crippen molar-refractivity contribution < 1.29 is 62.8 Å². The number of nitrogens with two attached hydrogens (primary N) is 1. The maximum atomic E-state index is 11.7. The fourth-order valence-electron chi connectivity index (χ4n) is 7.97. The van der Waals surface area contributed by atoms with Crippen LogP contribution in [0.25, 0.3) is 11.0 Å². The fourth-order valence-corrected chi connectivity index (χ4v) is 8.76. The van der Waals surface area contributed by atoms with Crippen molar-refractivity contribution in [2.24, 2.45) is 5.73 Å². The number of carbonyl (C=O) groups is 7. The first-order valence-corrected chi connectivity index (χ1v) is 32.3. The minimum Gasteiger partial charge on any atom is -0.477 e. The van der Waals surface area contributed by atoms with Gasteiger partial charge in [-0.1, -0.05) is 28.6 Å². The number of ether oxygens (including phenoxy) is 3. The molecule has 9 aromatic rings. The average molecular weight is 1540 g/mol. The van der Waals surface area contributed by atoms with E-state index in [-0.39, 0.29) is 74.1 Å². The van der Waals surface area contributed by atoms with Gasteiger partial charge >= 0.3 is 52.9 Å². The number of benzene rings is 1. The molecule has 0 atom stereocenters. The Labute approximate surface area is 606 Å². The maximum absolute atomic E-state index is 11.7. The molecule has 3 saturated carbocycles. The second kappa shape index (κ2) is 39.9. The Hall–Kier alpha value is -11.9. The Balaban J connectivity index is 0.000000194. The normalized spacial score (nSPS) is 12.5. The van der Waals surface area contributed by atoms with Gasteiger partial charge in [-0.3, -0.25) is 38.9 Å². The first-order valence-electron chi connectivity index (χ1n) is 30.4. The van der Waals surface area contributed by atoms with Gasteiger partial charge in [-0.05, 0) is 142 Å². The maximum Gasteiger partial charge on any atom is 0.347 e. The summed E-state index contributed by atoms with van der Waals surface area (Å²) < 4.78 is 14.2. The van der Waals surface area contributed by atoms with E-state index < -0.39 is 80.3 Å². The van der Waals surface area contributed by atoms with Crippen molar-refractivity contribution in [3.05, 3.63) is 190 Å². The number of primary amides is 1. The lowest BCUT2D eigenvalue weighted by Gasteiger charge is -2.27. The van der Waals surface area contributed by atoms with Gasteiger partial charge in [0.2, 0.25) is 15.9 Å². The van der Waals surface area contributed by atoms with E-state index in [9.17, 15) is 62.3 Å². The van der Waals surface area contributed by atoms with Gasteiger partial charge in [0.1, 0.15) is 72.6 Å². The molecule has 8 aromatic heterocycles. The third kappa shape index (κ3) is 24.7. The van der Waals surface area contributed by atoms with Crippen LogP contribution in [0.4, 0.5) is 17.5 Å². The first kappa shape index (κ1) is 81.1. The number of aromatic amines is 6. The molecule has 0 unspecified atom stereocenters. The molecule has 1 amide bonds. The molecule has 45 heteroatoms. The van der Waals surface area contributed by atoms with Crippen molar-refractivity contribution in [3.63, 3.8) is 0 Å². The first-order chi connectivity index (χ1) is 49.6. The SMILES string of the molecule is CCOC(=O)c1c[nH]c(=O)[nH]c1=O.CCOC(=O)c1cnc(Cl)nc1Cl.CCOC(=O)c1cnc(Cl)nc1NC1CCC1.NC(=O)c1cnc(On2nnc3ccccc32)nc1NC1CCC1.O=C(Cl)c1c[nH]c(=O)[nH]c1=O.O=C(O)c1c[nH]c(=O)[nH]c1=O.O=C(O)c1cnc(Cl)nc1NC1CCC1. The second-order valence-corrected chi connectivity index (χ2v) is 22.5. The number of aromatic carboxylic acids is 2. The number of amides is 1. The predicted octanol–water partition coefficient (Wildman–Crippen LogP) is 4.59. The van der Waals surface area contributed by atoms with E-state index in [1.165, 1.54) is 42.5 Å². The lowest BCUT2D eigenvalue weighted by atomic mass is 9.93. The number of halogens is 5. The Kier molecular flexibility index (Phi) is 31.1. The summed E-state index contributed by atoms with van der Waals surface area (Å²) in [4.78, 5) is 190. The van der Waals surface area contributed by atoms with E-state index in [4.69, 9.17) is 88.3 Å². The van der Waals surface area contributed by atoms with Gasteiger partial charge in [0.25, 0.3) is 27.8 Å². The Morgan fingerprint density at radius 2 is 0.913 bits per heavy atom. The van der Waals surface area contributed by atoms with Crippen LogP contribution in [0.5, 0.6) is 6.01 Å². The van der Waals surface area contributed by atoms with Crippen molar-refractivity contribution >= 4 is 127 Å². The summed E-state index contributed by atoms with van der Waals surface area (Å²) in [6.07, 6.45) is 17.9. The molecule has 13 N–H and O–H groups in total. The van der Waals surface area contributed by atoms with Crippen LogP contribution in [0.2, 0.25) is 21.0 Å². The highest BCUT2D eigenvalue weighted by atomic mass is 35.5. The number of nitrogens with one attached hydrogen (secondary N) is 9. The number of carboxylic acids is 2. The molecular weight excluding hydrogens is 1480 g/mol. The van der Waals surface area contributed by atoms with Crippen LogP contribution in [-0.4, -0.2) is 174 Å². The number of carbonyl (C=O) groups excluding carboxylic acids is 5. The number of H-pyrrole nitrogens is 6. The van der Waals surface area contributed by atoms with Gasteiger partial charge < -0.3 is 65.9 Å². The number of hydrogen-bond donors (Lipinski definition) is 12. The molecule has 0 spiro atoms. The summed E-state index contributed by atoms with van der Waals surface area (Å²) in [5.74, 6) is -3.58. The number of hydrogen-bond acceptors (Lipinski definition) is 30.